The van der Waals surface area contributed by atoms with Gasteiger partial charge in [0.25, 0.3) is 0 Å². The first-order chi connectivity index (χ1) is 9.78. The Labute approximate surface area is 129 Å². The van der Waals surface area contributed by atoms with Gasteiger partial charge in [-0.2, -0.15) is 4.99 Å². The Morgan fingerprint density at radius 3 is 2.62 bits per heavy atom. The third-order valence-electron chi connectivity index (χ3n) is 3.69. The van der Waals surface area contributed by atoms with E-state index in [1.165, 1.54) is 19.3 Å². The molecule has 1 rings (SSSR count). The standard InChI is InChI=1S/C17H32N2O2/c1-13(2)10-18-11-14-8-6-7-9-15(14)12-19-16(20)21-17(3,4)5/h12-15,18H,6-11H2,1-5H3/b19-12+/t14-,15+/m0/s1. The van der Waals surface area contributed by atoms with Crippen molar-refractivity contribution >= 4 is 12.3 Å². The molecule has 1 aliphatic rings. The molecule has 0 saturated heterocycles. The number of hydrogen-bond donors (Lipinski definition) is 1. The van der Waals surface area contributed by atoms with Gasteiger partial charge in [0.1, 0.15) is 5.60 Å². The number of carbonyl (C=O) groups is 1. The van der Waals surface area contributed by atoms with Gasteiger partial charge in [-0.25, -0.2) is 4.79 Å². The Kier molecular flexibility index (Phi) is 7.36. The average molecular weight is 296 g/mol. The topological polar surface area (TPSA) is 50.7 Å². The van der Waals surface area contributed by atoms with Crippen LogP contribution in [0.25, 0.3) is 0 Å². The highest BCUT2D eigenvalue weighted by molar-refractivity contribution is 5.80. The highest BCUT2D eigenvalue weighted by atomic mass is 16.6. The van der Waals surface area contributed by atoms with Gasteiger partial charge in [-0.3, -0.25) is 0 Å². The van der Waals surface area contributed by atoms with Crippen molar-refractivity contribution in [1.29, 1.82) is 0 Å². The summed E-state index contributed by atoms with van der Waals surface area (Å²) < 4.78 is 5.22. The van der Waals surface area contributed by atoms with Gasteiger partial charge in [0.2, 0.25) is 0 Å². The minimum atomic E-state index is -0.473. The summed E-state index contributed by atoms with van der Waals surface area (Å²) in [5.74, 6) is 1.65. The summed E-state index contributed by atoms with van der Waals surface area (Å²) in [7, 11) is 0. The van der Waals surface area contributed by atoms with Crippen LogP contribution < -0.4 is 5.32 Å². The van der Waals surface area contributed by atoms with Crippen molar-refractivity contribution in [2.75, 3.05) is 13.1 Å². The number of ether oxygens (including phenoxy) is 1. The molecular formula is C17H32N2O2. The molecule has 0 spiro atoms. The van der Waals surface area contributed by atoms with E-state index in [1.54, 1.807) is 0 Å². The second kappa shape index (κ2) is 8.52. The summed E-state index contributed by atoms with van der Waals surface area (Å²) in [6, 6.07) is 0. The fourth-order valence-corrected chi connectivity index (χ4v) is 2.69. The highest BCUT2D eigenvalue weighted by Gasteiger charge is 2.24. The molecule has 1 N–H and O–H groups in total. The van der Waals surface area contributed by atoms with Gasteiger partial charge >= 0.3 is 6.09 Å². The molecular weight excluding hydrogens is 264 g/mol. The van der Waals surface area contributed by atoms with Crippen molar-refractivity contribution in [2.45, 2.75) is 65.9 Å². The minimum Gasteiger partial charge on any atom is -0.442 e. The van der Waals surface area contributed by atoms with Crippen molar-refractivity contribution in [3.05, 3.63) is 0 Å². The summed E-state index contributed by atoms with van der Waals surface area (Å²) in [6.07, 6.45) is 6.21. The SMILES string of the molecule is CC(C)CNC[C@@H]1CCCC[C@@H]1/C=N/C(=O)OC(C)(C)C. The van der Waals surface area contributed by atoms with Crippen LogP contribution in [0.4, 0.5) is 4.79 Å². The summed E-state index contributed by atoms with van der Waals surface area (Å²) in [5.41, 5.74) is -0.473. The Morgan fingerprint density at radius 2 is 2.00 bits per heavy atom. The summed E-state index contributed by atoms with van der Waals surface area (Å²) in [4.78, 5) is 15.7. The molecule has 21 heavy (non-hydrogen) atoms. The van der Waals surface area contributed by atoms with Crippen molar-refractivity contribution in [2.24, 2.45) is 22.7 Å². The van der Waals surface area contributed by atoms with Gasteiger partial charge in [-0.05, 0) is 64.5 Å². The largest absolute Gasteiger partial charge is 0.442 e. The lowest BCUT2D eigenvalue weighted by Crippen LogP contribution is -2.33. The molecule has 0 bridgehead atoms. The van der Waals surface area contributed by atoms with Crippen LogP contribution >= 0.6 is 0 Å². The van der Waals surface area contributed by atoms with E-state index in [4.69, 9.17) is 4.74 Å². The molecule has 0 aliphatic heterocycles. The van der Waals surface area contributed by atoms with Gasteiger partial charge in [0.15, 0.2) is 0 Å². The molecule has 1 amide bonds. The van der Waals surface area contributed by atoms with E-state index < -0.39 is 11.7 Å². The Bertz CT molecular complexity index is 345. The molecule has 4 heteroatoms. The maximum atomic E-state index is 11.7. The van der Waals surface area contributed by atoms with Gasteiger partial charge < -0.3 is 10.1 Å². The molecule has 0 aromatic carbocycles. The van der Waals surface area contributed by atoms with E-state index >= 15 is 0 Å². The Morgan fingerprint density at radius 1 is 1.33 bits per heavy atom. The second-order valence-electron chi connectivity index (χ2n) is 7.52. The number of aliphatic imine (C=N–C) groups is 1. The van der Waals surface area contributed by atoms with Crippen molar-refractivity contribution in [3.8, 4) is 0 Å². The maximum Gasteiger partial charge on any atom is 0.433 e. The fourth-order valence-electron chi connectivity index (χ4n) is 2.69. The zero-order chi connectivity index (χ0) is 15.9. The highest BCUT2D eigenvalue weighted by Crippen LogP contribution is 2.28. The Balaban J connectivity index is 2.47. The van der Waals surface area contributed by atoms with E-state index in [-0.39, 0.29) is 0 Å². The molecule has 0 aromatic heterocycles. The van der Waals surface area contributed by atoms with E-state index in [0.717, 1.165) is 19.5 Å². The van der Waals surface area contributed by atoms with E-state index in [0.29, 0.717) is 17.8 Å². The van der Waals surface area contributed by atoms with Crippen LogP contribution in [0.1, 0.15) is 60.3 Å². The maximum absolute atomic E-state index is 11.7. The second-order valence-corrected chi connectivity index (χ2v) is 7.52. The lowest BCUT2D eigenvalue weighted by Gasteiger charge is -2.29. The first kappa shape index (κ1) is 18.1. The van der Waals surface area contributed by atoms with Gasteiger partial charge in [-0.1, -0.05) is 26.7 Å². The Hall–Kier alpha value is -0.900. The van der Waals surface area contributed by atoms with E-state index in [9.17, 15) is 4.79 Å². The van der Waals surface area contributed by atoms with Gasteiger partial charge in [-0.15, -0.1) is 0 Å². The third-order valence-corrected chi connectivity index (χ3v) is 3.69. The number of nitrogens with one attached hydrogen (secondary N) is 1. The number of carbonyl (C=O) groups excluding carboxylic acids is 1. The van der Waals surface area contributed by atoms with Gasteiger partial charge in [0.05, 0.1) is 0 Å². The van der Waals surface area contributed by atoms with Crippen LogP contribution in [0.5, 0.6) is 0 Å². The molecule has 0 unspecified atom stereocenters. The van der Waals surface area contributed by atoms with Crippen LogP contribution in [0.2, 0.25) is 0 Å². The van der Waals surface area contributed by atoms with Crippen molar-refractivity contribution in [3.63, 3.8) is 0 Å². The molecule has 1 aliphatic carbocycles. The zero-order valence-corrected chi connectivity index (χ0v) is 14.3. The van der Waals surface area contributed by atoms with Crippen molar-refractivity contribution in [1.82, 2.24) is 5.32 Å². The molecule has 1 saturated carbocycles. The number of amides is 1. The summed E-state index contributed by atoms with van der Waals surface area (Å²) in [6.45, 7) is 12.1. The molecule has 1 fully saturated rings. The molecule has 0 heterocycles. The number of rotatable bonds is 5. The van der Waals surface area contributed by atoms with Crippen LogP contribution in [-0.2, 0) is 4.74 Å². The van der Waals surface area contributed by atoms with E-state index in [2.05, 4.69) is 24.2 Å². The van der Waals surface area contributed by atoms with Crippen LogP contribution in [0.3, 0.4) is 0 Å². The normalized spacial score (nSPS) is 23.7. The van der Waals surface area contributed by atoms with Gasteiger partial charge in [0, 0.05) is 6.21 Å². The molecule has 4 nitrogen and oxygen atoms in total. The lowest BCUT2D eigenvalue weighted by atomic mass is 9.80. The smallest absolute Gasteiger partial charge is 0.433 e. The predicted molar refractivity (Wildman–Crippen MR) is 87.9 cm³/mol. The third kappa shape index (κ3) is 8.20. The van der Waals surface area contributed by atoms with Crippen molar-refractivity contribution < 1.29 is 9.53 Å². The molecule has 0 radical (unpaired) electrons. The number of nitrogens with zero attached hydrogens (tertiary/aromatic N) is 1. The monoisotopic (exact) mass is 296 g/mol. The van der Waals surface area contributed by atoms with Crippen LogP contribution in [0, 0.1) is 17.8 Å². The molecule has 0 aromatic rings. The molecule has 122 valence electrons. The molecule has 2 atom stereocenters. The quantitative estimate of drug-likeness (QED) is 0.779. The first-order valence-electron chi connectivity index (χ1n) is 8.26. The average Bonchev–Trinajstić information content (AvgIpc) is 2.35. The minimum absolute atomic E-state index is 0.394. The fraction of sp³-hybridized carbons (Fsp3) is 0.882. The lowest BCUT2D eigenvalue weighted by molar-refractivity contribution is 0.0603. The number of hydrogen-bond acceptors (Lipinski definition) is 3. The van der Waals surface area contributed by atoms with Crippen LogP contribution in [-0.4, -0.2) is 31.0 Å². The zero-order valence-electron chi connectivity index (χ0n) is 14.3. The first-order valence-corrected chi connectivity index (χ1v) is 8.26. The summed E-state index contributed by atoms with van der Waals surface area (Å²) >= 11 is 0. The van der Waals surface area contributed by atoms with Crippen LogP contribution in [0.15, 0.2) is 4.99 Å². The predicted octanol–water partition coefficient (Wildman–Crippen LogP) is 4.04. The summed E-state index contributed by atoms with van der Waals surface area (Å²) in [5, 5.41) is 3.53. The van der Waals surface area contributed by atoms with E-state index in [1.807, 2.05) is 27.0 Å².